The summed E-state index contributed by atoms with van der Waals surface area (Å²) in [7, 11) is 0. The van der Waals surface area contributed by atoms with E-state index in [2.05, 4.69) is 213 Å². The Balaban J connectivity index is 1.20. The molecule has 0 fully saturated rings. The van der Waals surface area contributed by atoms with E-state index in [9.17, 15) is 0 Å². The topological polar surface area (TPSA) is 29.5 Å². The second-order valence-electron chi connectivity index (χ2n) is 16.4. The number of benzene rings is 9. The third kappa shape index (κ3) is 5.15. The lowest BCUT2D eigenvalue weighted by Crippen LogP contribution is -2.17. The number of hydrogen-bond acceptors (Lipinski definition) is 3. The minimum absolute atomic E-state index is 0.185. The number of anilines is 3. The van der Waals surface area contributed by atoms with Crippen molar-refractivity contribution in [2.24, 2.45) is 0 Å². The summed E-state index contributed by atoms with van der Waals surface area (Å²) in [6, 6.07) is 71.9. The molecule has 2 aromatic heterocycles. The fraction of sp³-hybridized carbons (Fsp3) is 0.0526. The first-order valence-electron chi connectivity index (χ1n) is 20.7. The van der Waals surface area contributed by atoms with Gasteiger partial charge in [0.05, 0.1) is 11.1 Å². The molecule has 284 valence electrons. The largest absolute Gasteiger partial charge is 0.456 e. The average Bonchev–Trinajstić information content (AvgIpc) is 3.95. The quantitative estimate of drug-likeness (QED) is 0.169. The van der Waals surface area contributed by atoms with E-state index >= 15 is 0 Å². The normalized spacial score (nSPS) is 13.0. The van der Waals surface area contributed by atoms with Crippen molar-refractivity contribution in [3.63, 3.8) is 0 Å². The van der Waals surface area contributed by atoms with Crippen molar-refractivity contribution in [2.45, 2.75) is 19.3 Å². The van der Waals surface area contributed by atoms with Gasteiger partial charge in [-0.25, -0.2) is 0 Å². The van der Waals surface area contributed by atoms with Crippen molar-refractivity contribution >= 4 is 60.9 Å². The monoisotopic (exact) mass is 769 g/mol. The van der Waals surface area contributed by atoms with Gasteiger partial charge in [-0.05, 0) is 105 Å². The molecule has 1 aliphatic rings. The van der Waals surface area contributed by atoms with E-state index in [1.165, 1.54) is 33.4 Å². The molecule has 9 aromatic carbocycles. The van der Waals surface area contributed by atoms with Gasteiger partial charge in [0.25, 0.3) is 0 Å². The van der Waals surface area contributed by atoms with Crippen LogP contribution in [0.4, 0.5) is 17.1 Å². The minimum Gasteiger partial charge on any atom is -0.456 e. The van der Waals surface area contributed by atoms with Gasteiger partial charge in [0.1, 0.15) is 22.3 Å². The molecule has 0 spiro atoms. The zero-order valence-electron chi connectivity index (χ0n) is 33.3. The molecule has 0 bridgehead atoms. The zero-order valence-corrected chi connectivity index (χ0v) is 33.3. The first-order chi connectivity index (χ1) is 29.5. The van der Waals surface area contributed by atoms with Gasteiger partial charge >= 0.3 is 0 Å². The highest BCUT2D eigenvalue weighted by Crippen LogP contribution is 2.54. The molecule has 0 aliphatic heterocycles. The Hall–Kier alpha value is -7.62. The Bertz CT molecular complexity index is 3450. The standard InChI is InChI=1S/C57H39NO2/c1-57(2)47-22-12-9-19-41(47)42-30-29-40(35-48(42)57)58(39-27-25-37(26-28-39)36-15-5-3-6-16-36)56-44(32-34-52-55(56)46-21-11-14-24-50(46)60-52)43-31-33-51-54(45-20-10-13-23-49(45)59-51)53(43)38-17-7-4-8-18-38/h3-35H,1-2H3. The molecule has 12 rings (SSSR count). The number of rotatable bonds is 6. The van der Waals surface area contributed by atoms with Crippen LogP contribution in [0.2, 0.25) is 0 Å². The van der Waals surface area contributed by atoms with Crippen LogP contribution >= 0.6 is 0 Å². The van der Waals surface area contributed by atoms with Crippen LogP contribution in [0.25, 0.3) is 88.4 Å². The van der Waals surface area contributed by atoms with E-state index in [4.69, 9.17) is 8.83 Å². The van der Waals surface area contributed by atoms with Gasteiger partial charge in [0.15, 0.2) is 0 Å². The highest BCUT2D eigenvalue weighted by atomic mass is 16.3. The molecule has 0 radical (unpaired) electrons. The fourth-order valence-corrected chi connectivity index (χ4v) is 9.87. The summed E-state index contributed by atoms with van der Waals surface area (Å²) >= 11 is 0. The van der Waals surface area contributed by atoms with E-state index in [1.807, 2.05) is 6.07 Å². The second kappa shape index (κ2) is 13.2. The summed E-state index contributed by atoms with van der Waals surface area (Å²) < 4.78 is 13.3. The minimum atomic E-state index is -0.185. The number of nitrogens with zero attached hydrogens (tertiary/aromatic N) is 1. The molecule has 0 N–H and O–H groups in total. The van der Waals surface area contributed by atoms with E-state index in [0.717, 1.165) is 83.2 Å². The highest BCUT2D eigenvalue weighted by Gasteiger charge is 2.36. The lowest BCUT2D eigenvalue weighted by Gasteiger charge is -2.31. The van der Waals surface area contributed by atoms with Gasteiger partial charge in [-0.15, -0.1) is 0 Å². The summed E-state index contributed by atoms with van der Waals surface area (Å²) in [6.45, 7) is 4.71. The fourth-order valence-electron chi connectivity index (χ4n) is 9.87. The van der Waals surface area contributed by atoms with Crippen LogP contribution in [0.5, 0.6) is 0 Å². The molecule has 60 heavy (non-hydrogen) atoms. The number of hydrogen-bond donors (Lipinski definition) is 0. The summed E-state index contributed by atoms with van der Waals surface area (Å²) in [5.41, 5.74) is 18.5. The lowest BCUT2D eigenvalue weighted by molar-refractivity contribution is 0.660. The van der Waals surface area contributed by atoms with E-state index in [1.54, 1.807) is 0 Å². The smallest absolute Gasteiger partial charge is 0.137 e. The first-order valence-corrected chi connectivity index (χ1v) is 20.7. The Morgan fingerprint density at radius 1 is 0.367 bits per heavy atom. The van der Waals surface area contributed by atoms with Crippen LogP contribution in [-0.2, 0) is 5.41 Å². The van der Waals surface area contributed by atoms with E-state index < -0.39 is 0 Å². The van der Waals surface area contributed by atoms with Gasteiger partial charge < -0.3 is 13.7 Å². The molecule has 1 aliphatic carbocycles. The summed E-state index contributed by atoms with van der Waals surface area (Å²) in [6.07, 6.45) is 0. The van der Waals surface area contributed by atoms with Crippen molar-refractivity contribution < 1.29 is 8.83 Å². The SMILES string of the molecule is CC1(C)c2ccccc2-c2ccc(N(c3ccc(-c4ccccc4)cc3)c3c(-c4ccc5oc6ccccc6c5c4-c4ccccc4)ccc4oc5ccccc5c34)cc21. The Labute approximate surface area is 348 Å². The molecule has 0 saturated carbocycles. The molecule has 0 saturated heterocycles. The lowest BCUT2D eigenvalue weighted by atomic mass is 9.82. The first kappa shape index (κ1) is 34.4. The van der Waals surface area contributed by atoms with E-state index in [0.29, 0.717) is 0 Å². The van der Waals surface area contributed by atoms with Gasteiger partial charge in [0, 0.05) is 44.1 Å². The Kier molecular flexibility index (Phi) is 7.58. The third-order valence-corrected chi connectivity index (χ3v) is 12.7. The van der Waals surface area contributed by atoms with Crippen molar-refractivity contribution in [1.82, 2.24) is 0 Å². The zero-order chi connectivity index (χ0) is 40.0. The van der Waals surface area contributed by atoms with Crippen LogP contribution in [0, 0.1) is 0 Å². The molecule has 2 heterocycles. The Morgan fingerprint density at radius 3 is 1.60 bits per heavy atom. The van der Waals surface area contributed by atoms with Crippen LogP contribution in [-0.4, -0.2) is 0 Å². The molecule has 0 amide bonds. The Morgan fingerprint density at radius 2 is 0.883 bits per heavy atom. The molecule has 11 aromatic rings. The predicted molar refractivity (Wildman–Crippen MR) is 250 cm³/mol. The van der Waals surface area contributed by atoms with Gasteiger partial charge in [0.2, 0.25) is 0 Å². The van der Waals surface area contributed by atoms with Crippen LogP contribution in [0.15, 0.2) is 209 Å². The summed E-state index contributed by atoms with van der Waals surface area (Å²) in [5, 5.41) is 4.33. The maximum Gasteiger partial charge on any atom is 0.137 e. The van der Waals surface area contributed by atoms with Crippen molar-refractivity contribution in [3.05, 3.63) is 211 Å². The summed E-state index contributed by atoms with van der Waals surface area (Å²) in [4.78, 5) is 2.47. The van der Waals surface area contributed by atoms with Crippen LogP contribution in [0.3, 0.4) is 0 Å². The van der Waals surface area contributed by atoms with Gasteiger partial charge in [-0.2, -0.15) is 0 Å². The summed E-state index contributed by atoms with van der Waals surface area (Å²) in [5.74, 6) is 0. The molecule has 3 nitrogen and oxygen atoms in total. The van der Waals surface area contributed by atoms with Crippen molar-refractivity contribution in [1.29, 1.82) is 0 Å². The van der Waals surface area contributed by atoms with Gasteiger partial charge in [-0.1, -0.05) is 153 Å². The van der Waals surface area contributed by atoms with Gasteiger partial charge in [-0.3, -0.25) is 0 Å². The second-order valence-corrected chi connectivity index (χ2v) is 16.4. The third-order valence-electron chi connectivity index (χ3n) is 12.7. The van der Waals surface area contributed by atoms with Crippen molar-refractivity contribution in [2.75, 3.05) is 4.90 Å². The van der Waals surface area contributed by atoms with E-state index in [-0.39, 0.29) is 5.41 Å². The number of furan rings is 2. The van der Waals surface area contributed by atoms with Crippen LogP contribution < -0.4 is 4.90 Å². The maximum absolute atomic E-state index is 6.72. The average molecular weight is 770 g/mol. The van der Waals surface area contributed by atoms with Crippen LogP contribution in [0.1, 0.15) is 25.0 Å². The number of para-hydroxylation sites is 2. The number of fused-ring (bicyclic) bond motifs is 9. The molecular formula is C57H39NO2. The molecule has 0 unspecified atom stereocenters. The molecule has 0 atom stereocenters. The maximum atomic E-state index is 6.72. The highest BCUT2D eigenvalue weighted by molar-refractivity contribution is 6.21. The predicted octanol–water partition coefficient (Wildman–Crippen LogP) is 16.3. The molecule has 3 heteroatoms. The molecular weight excluding hydrogens is 731 g/mol. The van der Waals surface area contributed by atoms with Crippen molar-refractivity contribution in [3.8, 4) is 44.5 Å².